The molecule has 0 aromatic heterocycles. The van der Waals surface area contributed by atoms with E-state index in [1.54, 1.807) is 44.9 Å². The number of likely N-dealkylation sites (N-methyl/N-ethyl adjacent to an activating group) is 1. The van der Waals surface area contributed by atoms with Gasteiger partial charge in [0.05, 0.1) is 10.0 Å². The van der Waals surface area contributed by atoms with Gasteiger partial charge in [-0.25, -0.2) is 4.39 Å². The molecule has 0 radical (unpaired) electrons. The smallest absolute Gasteiger partial charge is 0.253 e. The molecule has 2 aliphatic rings. The van der Waals surface area contributed by atoms with Crippen LogP contribution in [0.5, 0.6) is 0 Å². The molecule has 0 unspecified atom stereocenters. The standard InChI is InChI=1S/C34H38Cl2FN3O2/c1-22-17-27(18-23(2)32(22)37)33(42)38(4)20-26(25-9-10-29(35)30(36)19-25)11-14-39-15-12-34(13-16-39)21-40(24(3)41)31-8-6-5-7-28(31)34/h5-10,17-19,26H,11-16,20-21H2,1-4H3/t26-/m1/s1. The first-order valence-corrected chi connectivity index (χ1v) is 15.3. The first-order chi connectivity index (χ1) is 20.0. The Hall–Kier alpha value is -2.93. The summed E-state index contributed by atoms with van der Waals surface area (Å²) in [6.45, 7) is 9.00. The van der Waals surface area contributed by atoms with Crippen molar-refractivity contribution in [1.29, 1.82) is 0 Å². The molecule has 5 nitrogen and oxygen atoms in total. The number of amides is 2. The minimum absolute atomic E-state index is 0.0000734. The minimum atomic E-state index is -0.277. The van der Waals surface area contributed by atoms with Gasteiger partial charge >= 0.3 is 0 Å². The Kier molecular flexibility index (Phi) is 8.98. The Morgan fingerprint density at radius 1 is 1.00 bits per heavy atom. The Morgan fingerprint density at radius 3 is 2.31 bits per heavy atom. The summed E-state index contributed by atoms with van der Waals surface area (Å²) in [5, 5.41) is 0.992. The van der Waals surface area contributed by atoms with Crippen molar-refractivity contribution in [2.45, 2.75) is 51.4 Å². The maximum atomic E-state index is 14.2. The van der Waals surface area contributed by atoms with Crippen LogP contribution >= 0.6 is 23.2 Å². The normalized spacial score (nSPS) is 16.9. The molecule has 42 heavy (non-hydrogen) atoms. The predicted molar refractivity (Wildman–Crippen MR) is 168 cm³/mol. The van der Waals surface area contributed by atoms with Crippen molar-refractivity contribution in [1.82, 2.24) is 9.80 Å². The van der Waals surface area contributed by atoms with Crippen LogP contribution in [0.4, 0.5) is 10.1 Å². The lowest BCUT2D eigenvalue weighted by Gasteiger charge is -2.40. The molecule has 1 fully saturated rings. The van der Waals surface area contributed by atoms with Crippen LogP contribution < -0.4 is 4.90 Å². The number of rotatable bonds is 7. The van der Waals surface area contributed by atoms with E-state index in [1.807, 2.05) is 29.2 Å². The number of hydrogen-bond acceptors (Lipinski definition) is 3. The first-order valence-electron chi connectivity index (χ1n) is 14.6. The van der Waals surface area contributed by atoms with Gasteiger partial charge in [-0.15, -0.1) is 0 Å². The zero-order valence-corrected chi connectivity index (χ0v) is 26.2. The van der Waals surface area contributed by atoms with E-state index in [-0.39, 0.29) is 29.0 Å². The van der Waals surface area contributed by atoms with Gasteiger partial charge in [-0.05, 0) is 105 Å². The lowest BCUT2D eigenvalue weighted by molar-refractivity contribution is -0.116. The van der Waals surface area contributed by atoms with Crippen molar-refractivity contribution in [3.8, 4) is 0 Å². The molecule has 2 amide bonds. The fourth-order valence-electron chi connectivity index (χ4n) is 6.71. The van der Waals surface area contributed by atoms with E-state index in [1.165, 1.54) is 5.56 Å². The highest BCUT2D eigenvalue weighted by Gasteiger charge is 2.45. The van der Waals surface area contributed by atoms with Crippen LogP contribution in [0.3, 0.4) is 0 Å². The molecule has 2 heterocycles. The molecule has 2 aliphatic heterocycles. The quantitative estimate of drug-likeness (QED) is 0.280. The van der Waals surface area contributed by atoms with Crippen LogP contribution in [0.2, 0.25) is 10.0 Å². The summed E-state index contributed by atoms with van der Waals surface area (Å²) >= 11 is 12.6. The number of benzene rings is 3. The van der Waals surface area contributed by atoms with Gasteiger partial charge in [-0.1, -0.05) is 47.5 Å². The number of carbonyl (C=O) groups is 2. The average molecular weight is 611 g/mol. The maximum absolute atomic E-state index is 14.2. The summed E-state index contributed by atoms with van der Waals surface area (Å²) in [5.41, 5.74) is 4.79. The van der Waals surface area contributed by atoms with Crippen LogP contribution in [-0.2, 0) is 10.2 Å². The monoisotopic (exact) mass is 609 g/mol. The van der Waals surface area contributed by atoms with Crippen molar-refractivity contribution in [2.24, 2.45) is 0 Å². The molecule has 3 aromatic rings. The SMILES string of the molecule is CC(=O)N1CC2(CCN(CC[C@H](CN(C)C(=O)c3cc(C)c(F)c(C)c3)c3ccc(Cl)c(Cl)c3)CC2)c2ccccc21. The highest BCUT2D eigenvalue weighted by Crippen LogP contribution is 2.47. The number of anilines is 1. The number of fused-ring (bicyclic) bond motifs is 2. The van der Waals surface area contributed by atoms with Gasteiger partial charge in [-0.2, -0.15) is 0 Å². The molecule has 0 aliphatic carbocycles. The van der Waals surface area contributed by atoms with Crippen molar-refractivity contribution in [2.75, 3.05) is 44.7 Å². The topological polar surface area (TPSA) is 43.9 Å². The van der Waals surface area contributed by atoms with Crippen molar-refractivity contribution >= 4 is 40.7 Å². The Bertz CT molecular complexity index is 1480. The highest BCUT2D eigenvalue weighted by molar-refractivity contribution is 6.42. The van der Waals surface area contributed by atoms with E-state index in [0.29, 0.717) is 33.3 Å². The number of likely N-dealkylation sites (tertiary alicyclic amines) is 1. The lowest BCUT2D eigenvalue weighted by atomic mass is 9.74. The second-order valence-corrected chi connectivity index (χ2v) is 12.8. The second-order valence-electron chi connectivity index (χ2n) is 12.0. The summed E-state index contributed by atoms with van der Waals surface area (Å²) in [7, 11) is 1.80. The molecular formula is C34H38Cl2FN3O2. The molecule has 1 atom stereocenters. The van der Waals surface area contributed by atoms with Crippen LogP contribution in [-0.4, -0.2) is 61.4 Å². The number of nitrogens with zero attached hydrogens (tertiary/aromatic N) is 3. The zero-order chi connectivity index (χ0) is 30.2. The van der Waals surface area contributed by atoms with E-state index in [4.69, 9.17) is 23.2 Å². The zero-order valence-electron chi connectivity index (χ0n) is 24.7. The molecule has 222 valence electrons. The fourth-order valence-corrected chi connectivity index (χ4v) is 7.02. The van der Waals surface area contributed by atoms with Gasteiger partial charge in [0, 0.05) is 49.6 Å². The number of piperidine rings is 1. The molecule has 8 heteroatoms. The Balaban J connectivity index is 1.28. The number of para-hydroxylation sites is 1. The predicted octanol–water partition coefficient (Wildman–Crippen LogP) is 7.40. The third-order valence-corrected chi connectivity index (χ3v) is 9.89. The number of halogens is 3. The van der Waals surface area contributed by atoms with Crippen LogP contribution in [0.15, 0.2) is 54.6 Å². The van der Waals surface area contributed by atoms with E-state index in [9.17, 15) is 14.0 Å². The summed E-state index contributed by atoms with van der Waals surface area (Å²) in [6.07, 6.45) is 2.82. The van der Waals surface area contributed by atoms with E-state index in [0.717, 1.165) is 56.7 Å². The summed E-state index contributed by atoms with van der Waals surface area (Å²) in [5.74, 6) is -0.286. The summed E-state index contributed by atoms with van der Waals surface area (Å²) in [4.78, 5) is 31.9. The highest BCUT2D eigenvalue weighted by atomic mass is 35.5. The Labute approximate surface area is 258 Å². The van der Waals surface area contributed by atoms with Crippen LogP contribution in [0.1, 0.15) is 64.7 Å². The average Bonchev–Trinajstić information content (AvgIpc) is 3.29. The second kappa shape index (κ2) is 12.4. The summed E-state index contributed by atoms with van der Waals surface area (Å²) < 4.78 is 14.2. The largest absolute Gasteiger partial charge is 0.341 e. The third-order valence-electron chi connectivity index (χ3n) is 9.15. The molecule has 1 spiro atoms. The minimum Gasteiger partial charge on any atom is -0.341 e. The van der Waals surface area contributed by atoms with Crippen molar-refractivity contribution in [3.63, 3.8) is 0 Å². The van der Waals surface area contributed by atoms with E-state index < -0.39 is 0 Å². The molecule has 0 bridgehead atoms. The van der Waals surface area contributed by atoms with Gasteiger partial charge in [-0.3, -0.25) is 9.59 Å². The first kappa shape index (κ1) is 30.5. The van der Waals surface area contributed by atoms with Gasteiger partial charge in [0.2, 0.25) is 5.91 Å². The third kappa shape index (κ3) is 6.08. The van der Waals surface area contributed by atoms with Gasteiger partial charge < -0.3 is 14.7 Å². The van der Waals surface area contributed by atoms with Crippen molar-refractivity contribution < 1.29 is 14.0 Å². The maximum Gasteiger partial charge on any atom is 0.253 e. The lowest BCUT2D eigenvalue weighted by Crippen LogP contribution is -2.46. The van der Waals surface area contributed by atoms with E-state index >= 15 is 0 Å². The molecule has 5 rings (SSSR count). The molecule has 0 saturated carbocycles. The van der Waals surface area contributed by atoms with Gasteiger partial charge in [0.25, 0.3) is 5.91 Å². The van der Waals surface area contributed by atoms with Gasteiger partial charge in [0.15, 0.2) is 0 Å². The number of hydrogen-bond donors (Lipinski definition) is 0. The molecule has 3 aromatic carbocycles. The number of aryl methyl sites for hydroxylation is 2. The van der Waals surface area contributed by atoms with E-state index in [2.05, 4.69) is 23.1 Å². The molecular weight excluding hydrogens is 572 g/mol. The van der Waals surface area contributed by atoms with Gasteiger partial charge in [0.1, 0.15) is 5.82 Å². The molecule has 0 N–H and O–H groups in total. The number of carbonyl (C=O) groups excluding carboxylic acids is 2. The summed E-state index contributed by atoms with van der Waals surface area (Å²) in [6, 6.07) is 17.3. The van der Waals surface area contributed by atoms with Crippen molar-refractivity contribution in [3.05, 3.63) is 98.3 Å². The molecule has 1 saturated heterocycles. The Morgan fingerprint density at radius 2 is 1.67 bits per heavy atom. The van der Waals surface area contributed by atoms with Crippen LogP contribution in [0.25, 0.3) is 0 Å². The van der Waals surface area contributed by atoms with Crippen LogP contribution in [0, 0.1) is 19.7 Å². The fraction of sp³-hybridized carbons (Fsp3) is 0.412.